The number of para-hydroxylation sites is 2. The third kappa shape index (κ3) is 4.38. The Morgan fingerprint density at radius 3 is 1.25 bits per heavy atom. The van der Waals surface area contributed by atoms with Gasteiger partial charge >= 0.3 is 0 Å². The molecule has 52 heavy (non-hydrogen) atoms. The van der Waals surface area contributed by atoms with Gasteiger partial charge in [-0.05, 0) is 109 Å². The maximum absolute atomic E-state index is 6.38. The first-order chi connectivity index (χ1) is 25.8. The molecule has 0 bridgehead atoms. The summed E-state index contributed by atoms with van der Waals surface area (Å²) in [6.07, 6.45) is 0. The molecule has 2 nitrogen and oxygen atoms in total. The van der Waals surface area contributed by atoms with Crippen molar-refractivity contribution in [3.05, 3.63) is 182 Å². The van der Waals surface area contributed by atoms with Gasteiger partial charge in [0, 0.05) is 21.5 Å². The van der Waals surface area contributed by atoms with E-state index < -0.39 is 0 Å². The number of hydrogen-bond acceptors (Lipinski definition) is 2. The van der Waals surface area contributed by atoms with Gasteiger partial charge in [-0.3, -0.25) is 0 Å². The van der Waals surface area contributed by atoms with Crippen LogP contribution in [0.4, 0.5) is 0 Å². The van der Waals surface area contributed by atoms with E-state index in [0.717, 1.165) is 55.0 Å². The molecule has 0 aliphatic heterocycles. The van der Waals surface area contributed by atoms with Crippen molar-refractivity contribution < 1.29 is 8.83 Å². The van der Waals surface area contributed by atoms with E-state index in [0.29, 0.717) is 0 Å². The van der Waals surface area contributed by atoms with E-state index in [-0.39, 0.29) is 0 Å². The lowest BCUT2D eigenvalue weighted by molar-refractivity contribution is 0.668. The first-order valence-corrected chi connectivity index (χ1v) is 17.8. The highest BCUT2D eigenvalue weighted by Gasteiger charge is 2.19. The van der Waals surface area contributed by atoms with Crippen molar-refractivity contribution in [2.24, 2.45) is 0 Å². The summed E-state index contributed by atoms with van der Waals surface area (Å²) in [5, 5.41) is 9.35. The predicted molar refractivity (Wildman–Crippen MR) is 218 cm³/mol. The minimum atomic E-state index is 0.894. The zero-order chi connectivity index (χ0) is 34.2. The van der Waals surface area contributed by atoms with Crippen LogP contribution < -0.4 is 0 Å². The summed E-state index contributed by atoms with van der Waals surface area (Å²) < 4.78 is 12.8. The molecule has 0 radical (unpaired) electrons. The predicted octanol–water partition coefficient (Wildman–Crippen LogP) is 14.5. The fourth-order valence-electron chi connectivity index (χ4n) is 8.32. The summed E-state index contributed by atoms with van der Waals surface area (Å²) >= 11 is 0. The minimum absolute atomic E-state index is 0.894. The second kappa shape index (κ2) is 11.3. The van der Waals surface area contributed by atoms with E-state index in [1.165, 1.54) is 54.9 Å². The molecule has 0 spiro atoms. The van der Waals surface area contributed by atoms with Crippen molar-refractivity contribution >= 4 is 65.4 Å². The highest BCUT2D eigenvalue weighted by atomic mass is 16.3. The lowest BCUT2D eigenvalue weighted by Crippen LogP contribution is -1.92. The summed E-state index contributed by atoms with van der Waals surface area (Å²) in [5.74, 6) is 0. The summed E-state index contributed by atoms with van der Waals surface area (Å²) in [5.41, 5.74) is 13.0. The fraction of sp³-hybridized carbons (Fsp3) is 0. The molecule has 2 heterocycles. The molecular weight excluding hydrogens is 633 g/mol. The standard InChI is InChI=1S/C50H30O2/c1-2-12-31(13-3-1)34-14-4-5-17-41(34)50-42-20-10-18-35(32-24-26-39-37-15-6-8-22-46(37)51-48(39)28-32)44(42)30-45-36(19-11-21-43(45)50)33-25-27-40-38-16-7-9-23-47(38)52-49(40)29-33/h1-30H. The molecule has 9 aromatic carbocycles. The summed E-state index contributed by atoms with van der Waals surface area (Å²) in [6.45, 7) is 0. The third-order valence-corrected chi connectivity index (χ3v) is 10.7. The van der Waals surface area contributed by atoms with Gasteiger partial charge in [-0.15, -0.1) is 0 Å². The Labute approximate surface area is 299 Å². The van der Waals surface area contributed by atoms with Gasteiger partial charge in [-0.25, -0.2) is 0 Å². The van der Waals surface area contributed by atoms with E-state index in [1.54, 1.807) is 0 Å². The van der Waals surface area contributed by atoms with Crippen molar-refractivity contribution in [1.29, 1.82) is 0 Å². The van der Waals surface area contributed by atoms with Crippen LogP contribution in [0.25, 0.3) is 110 Å². The molecule has 0 unspecified atom stereocenters. The molecule has 11 aromatic rings. The van der Waals surface area contributed by atoms with Crippen molar-refractivity contribution in [1.82, 2.24) is 0 Å². The third-order valence-electron chi connectivity index (χ3n) is 10.7. The molecule has 11 rings (SSSR count). The average molecular weight is 663 g/mol. The van der Waals surface area contributed by atoms with Crippen molar-refractivity contribution in [2.75, 3.05) is 0 Å². The zero-order valence-electron chi connectivity index (χ0n) is 28.1. The lowest BCUT2D eigenvalue weighted by Gasteiger charge is -2.19. The highest BCUT2D eigenvalue weighted by Crippen LogP contribution is 2.46. The molecule has 0 amide bonds. The van der Waals surface area contributed by atoms with E-state index in [2.05, 4.69) is 158 Å². The fourth-order valence-corrected chi connectivity index (χ4v) is 8.32. The number of furan rings is 2. The second-order valence-corrected chi connectivity index (χ2v) is 13.6. The monoisotopic (exact) mass is 662 g/mol. The second-order valence-electron chi connectivity index (χ2n) is 13.6. The van der Waals surface area contributed by atoms with Gasteiger partial charge in [0.2, 0.25) is 0 Å². The van der Waals surface area contributed by atoms with Crippen LogP contribution in [0, 0.1) is 0 Å². The van der Waals surface area contributed by atoms with Gasteiger partial charge < -0.3 is 8.83 Å². The van der Waals surface area contributed by atoms with Gasteiger partial charge in [0.05, 0.1) is 0 Å². The molecule has 2 heteroatoms. The van der Waals surface area contributed by atoms with Crippen LogP contribution in [-0.4, -0.2) is 0 Å². The normalized spacial score (nSPS) is 11.8. The van der Waals surface area contributed by atoms with Gasteiger partial charge in [-0.2, -0.15) is 0 Å². The van der Waals surface area contributed by atoms with Crippen LogP contribution in [0.3, 0.4) is 0 Å². The van der Waals surface area contributed by atoms with Crippen molar-refractivity contribution in [3.63, 3.8) is 0 Å². The van der Waals surface area contributed by atoms with Crippen LogP contribution in [0.15, 0.2) is 191 Å². The smallest absolute Gasteiger partial charge is 0.136 e. The number of benzene rings is 9. The maximum atomic E-state index is 6.38. The molecule has 0 aliphatic carbocycles. The van der Waals surface area contributed by atoms with Crippen LogP contribution in [-0.2, 0) is 0 Å². The van der Waals surface area contributed by atoms with Crippen LogP contribution in [0.1, 0.15) is 0 Å². The lowest BCUT2D eigenvalue weighted by atomic mass is 9.84. The Morgan fingerprint density at radius 1 is 0.231 bits per heavy atom. The zero-order valence-corrected chi connectivity index (χ0v) is 28.1. The molecule has 0 fully saturated rings. The molecule has 0 N–H and O–H groups in total. The van der Waals surface area contributed by atoms with E-state index in [4.69, 9.17) is 8.83 Å². The molecule has 0 saturated carbocycles. The topological polar surface area (TPSA) is 26.3 Å². The first kappa shape index (κ1) is 28.9. The Kier molecular flexibility index (Phi) is 6.28. The highest BCUT2D eigenvalue weighted by molar-refractivity contribution is 6.21. The Balaban J connectivity index is 1.22. The van der Waals surface area contributed by atoms with E-state index in [9.17, 15) is 0 Å². The number of rotatable bonds is 4. The number of fused-ring (bicyclic) bond motifs is 8. The largest absolute Gasteiger partial charge is 0.456 e. The molecule has 0 aliphatic rings. The van der Waals surface area contributed by atoms with Crippen molar-refractivity contribution in [3.8, 4) is 44.5 Å². The van der Waals surface area contributed by atoms with Gasteiger partial charge in [0.25, 0.3) is 0 Å². The Bertz CT molecular complexity index is 3010. The minimum Gasteiger partial charge on any atom is -0.456 e. The summed E-state index contributed by atoms with van der Waals surface area (Å²) in [7, 11) is 0. The Hall–Kier alpha value is -6.90. The van der Waals surface area contributed by atoms with Gasteiger partial charge in [0.1, 0.15) is 22.3 Å². The molecule has 242 valence electrons. The maximum Gasteiger partial charge on any atom is 0.136 e. The Morgan fingerprint density at radius 2 is 0.673 bits per heavy atom. The quantitative estimate of drug-likeness (QED) is 0.175. The van der Waals surface area contributed by atoms with Crippen LogP contribution in [0.5, 0.6) is 0 Å². The van der Waals surface area contributed by atoms with Crippen LogP contribution >= 0.6 is 0 Å². The molecule has 0 saturated heterocycles. The molecule has 2 aromatic heterocycles. The molecule has 0 atom stereocenters. The summed E-state index contributed by atoms with van der Waals surface area (Å²) in [6, 6.07) is 65.2. The average Bonchev–Trinajstić information content (AvgIpc) is 3.77. The van der Waals surface area contributed by atoms with E-state index in [1.807, 2.05) is 24.3 Å². The first-order valence-electron chi connectivity index (χ1n) is 17.8. The van der Waals surface area contributed by atoms with Crippen molar-refractivity contribution in [2.45, 2.75) is 0 Å². The molecular formula is C50H30O2. The van der Waals surface area contributed by atoms with Gasteiger partial charge in [0.15, 0.2) is 0 Å². The number of hydrogen-bond donors (Lipinski definition) is 0. The van der Waals surface area contributed by atoms with Gasteiger partial charge in [-0.1, -0.05) is 140 Å². The summed E-state index contributed by atoms with van der Waals surface area (Å²) in [4.78, 5) is 0. The SMILES string of the molecule is c1ccc(-c2ccccc2-c2c3cccc(-c4ccc5c(c4)oc4ccccc45)c3cc3c(-c4ccc5c(c4)oc4ccccc45)cccc23)cc1. The van der Waals surface area contributed by atoms with E-state index >= 15 is 0 Å². The van der Waals surface area contributed by atoms with Crippen LogP contribution in [0.2, 0.25) is 0 Å².